The molecule has 0 amide bonds. The predicted octanol–water partition coefficient (Wildman–Crippen LogP) is 5.26. The molecule has 0 saturated carbocycles. The molecule has 0 unspecified atom stereocenters. The van der Waals surface area contributed by atoms with Gasteiger partial charge in [0, 0.05) is 30.9 Å². The lowest BCUT2D eigenvalue weighted by Crippen LogP contribution is -2.09. The lowest BCUT2D eigenvalue weighted by atomic mass is 9.92. The van der Waals surface area contributed by atoms with Crippen molar-refractivity contribution in [1.29, 1.82) is 0 Å². The number of nitrogens with zero attached hydrogens (tertiary/aromatic N) is 2. The number of halogens is 2. The van der Waals surface area contributed by atoms with Crippen molar-refractivity contribution >= 4 is 11.6 Å². The van der Waals surface area contributed by atoms with Crippen LogP contribution in [0.4, 0.5) is 4.39 Å². The summed E-state index contributed by atoms with van der Waals surface area (Å²) in [6, 6.07) is 12.4. The van der Waals surface area contributed by atoms with Crippen molar-refractivity contribution in [3.8, 4) is 11.5 Å². The summed E-state index contributed by atoms with van der Waals surface area (Å²) in [7, 11) is 0. The third kappa shape index (κ3) is 4.62. The van der Waals surface area contributed by atoms with Crippen LogP contribution in [0.15, 0.2) is 54.9 Å². The van der Waals surface area contributed by atoms with Crippen molar-refractivity contribution < 1.29 is 9.13 Å². The Hall–Kier alpha value is -2.50. The van der Waals surface area contributed by atoms with Gasteiger partial charge < -0.3 is 10.5 Å². The Kier molecular flexibility index (Phi) is 6.37. The summed E-state index contributed by atoms with van der Waals surface area (Å²) in [5.74, 6) is 0.683. The Bertz CT molecular complexity index is 888. The average molecular weight is 386 g/mol. The van der Waals surface area contributed by atoms with Crippen LogP contribution in [0.3, 0.4) is 0 Å². The van der Waals surface area contributed by atoms with E-state index in [0.717, 1.165) is 12.0 Å². The van der Waals surface area contributed by atoms with Gasteiger partial charge in [-0.1, -0.05) is 42.8 Å². The van der Waals surface area contributed by atoms with Crippen LogP contribution < -0.4 is 10.5 Å². The van der Waals surface area contributed by atoms with Crippen molar-refractivity contribution in [2.45, 2.75) is 32.2 Å². The molecule has 3 rings (SSSR count). The molecule has 6 heteroatoms. The molecule has 2 aromatic carbocycles. The molecule has 0 aliphatic heterocycles. The SMILES string of the molecule is CC[C@H](Cc1ncc(CN)cn1)c1ccc(Cl)c(Oc2ccccc2)c1F. The second kappa shape index (κ2) is 8.93. The second-order valence-electron chi connectivity index (χ2n) is 6.22. The smallest absolute Gasteiger partial charge is 0.181 e. The van der Waals surface area contributed by atoms with Crippen molar-refractivity contribution in [1.82, 2.24) is 9.97 Å². The van der Waals surface area contributed by atoms with Crippen LogP contribution in [0, 0.1) is 5.82 Å². The average Bonchev–Trinajstić information content (AvgIpc) is 2.71. The Labute approximate surface area is 163 Å². The number of nitrogens with two attached hydrogens (primary N) is 1. The Morgan fingerprint density at radius 1 is 1.11 bits per heavy atom. The van der Waals surface area contributed by atoms with E-state index in [0.29, 0.717) is 30.1 Å². The molecular weight excluding hydrogens is 365 g/mol. The summed E-state index contributed by atoms with van der Waals surface area (Å²) in [5, 5.41) is 0.235. The third-order valence-corrected chi connectivity index (χ3v) is 4.70. The van der Waals surface area contributed by atoms with Crippen LogP contribution in [0.1, 0.15) is 36.2 Å². The molecule has 3 aromatic rings. The van der Waals surface area contributed by atoms with E-state index in [1.165, 1.54) is 0 Å². The third-order valence-electron chi connectivity index (χ3n) is 4.40. The van der Waals surface area contributed by atoms with Crippen LogP contribution in [0.5, 0.6) is 11.5 Å². The number of hydrogen-bond acceptors (Lipinski definition) is 4. The Morgan fingerprint density at radius 2 is 1.81 bits per heavy atom. The fraction of sp³-hybridized carbons (Fsp3) is 0.238. The van der Waals surface area contributed by atoms with E-state index in [-0.39, 0.29) is 16.7 Å². The highest BCUT2D eigenvalue weighted by molar-refractivity contribution is 6.32. The summed E-state index contributed by atoms with van der Waals surface area (Å²) in [4.78, 5) is 8.66. The minimum atomic E-state index is -0.447. The minimum Gasteiger partial charge on any atom is -0.453 e. The minimum absolute atomic E-state index is 0.0400. The molecule has 0 aliphatic rings. The molecule has 0 spiro atoms. The van der Waals surface area contributed by atoms with E-state index in [4.69, 9.17) is 22.1 Å². The molecule has 1 aromatic heterocycles. The topological polar surface area (TPSA) is 61.0 Å². The zero-order valence-electron chi connectivity index (χ0n) is 15.0. The van der Waals surface area contributed by atoms with Crippen LogP contribution in [-0.4, -0.2) is 9.97 Å². The van der Waals surface area contributed by atoms with Crippen LogP contribution in [0.25, 0.3) is 0 Å². The number of rotatable bonds is 7. The van der Waals surface area contributed by atoms with Gasteiger partial charge in [-0.3, -0.25) is 0 Å². The fourth-order valence-corrected chi connectivity index (χ4v) is 3.03. The zero-order chi connectivity index (χ0) is 19.2. The first-order chi connectivity index (χ1) is 13.1. The summed E-state index contributed by atoms with van der Waals surface area (Å²) in [6.45, 7) is 2.40. The second-order valence-corrected chi connectivity index (χ2v) is 6.62. The van der Waals surface area contributed by atoms with Gasteiger partial charge in [0.25, 0.3) is 0 Å². The van der Waals surface area contributed by atoms with Crippen LogP contribution in [-0.2, 0) is 13.0 Å². The molecule has 0 radical (unpaired) electrons. The summed E-state index contributed by atoms with van der Waals surface area (Å²) < 4.78 is 20.9. The van der Waals surface area contributed by atoms with Gasteiger partial charge in [-0.05, 0) is 36.1 Å². The lowest BCUT2D eigenvalue weighted by Gasteiger charge is -2.18. The quantitative estimate of drug-likeness (QED) is 0.602. The van der Waals surface area contributed by atoms with Gasteiger partial charge in [0.1, 0.15) is 11.6 Å². The van der Waals surface area contributed by atoms with Gasteiger partial charge in [-0.15, -0.1) is 0 Å². The highest BCUT2D eigenvalue weighted by atomic mass is 35.5. The largest absolute Gasteiger partial charge is 0.453 e. The first kappa shape index (κ1) is 19.3. The van der Waals surface area contributed by atoms with Gasteiger partial charge in [0.15, 0.2) is 11.6 Å². The molecule has 0 fully saturated rings. The normalized spacial score (nSPS) is 12.0. The number of para-hydroxylation sites is 1. The molecule has 1 atom stereocenters. The molecule has 4 nitrogen and oxygen atoms in total. The van der Waals surface area contributed by atoms with Crippen LogP contribution >= 0.6 is 11.6 Å². The van der Waals surface area contributed by atoms with Crippen molar-refractivity contribution in [2.24, 2.45) is 5.73 Å². The summed E-state index contributed by atoms with van der Waals surface area (Å²) in [5.41, 5.74) is 6.98. The van der Waals surface area contributed by atoms with E-state index >= 15 is 4.39 Å². The first-order valence-electron chi connectivity index (χ1n) is 8.83. The maximum absolute atomic E-state index is 15.2. The van der Waals surface area contributed by atoms with E-state index in [9.17, 15) is 0 Å². The highest BCUT2D eigenvalue weighted by Crippen LogP contribution is 2.37. The summed E-state index contributed by atoms with van der Waals surface area (Å²) in [6.07, 6.45) is 4.66. The van der Waals surface area contributed by atoms with Gasteiger partial charge in [-0.25, -0.2) is 14.4 Å². The molecular formula is C21H21ClFN3O. The maximum atomic E-state index is 15.2. The summed E-state index contributed by atoms with van der Waals surface area (Å²) >= 11 is 6.19. The van der Waals surface area contributed by atoms with Crippen LogP contribution in [0.2, 0.25) is 5.02 Å². The first-order valence-corrected chi connectivity index (χ1v) is 9.20. The lowest BCUT2D eigenvalue weighted by molar-refractivity contribution is 0.433. The molecule has 1 heterocycles. The zero-order valence-corrected chi connectivity index (χ0v) is 15.8. The van der Waals surface area contributed by atoms with Crippen molar-refractivity contribution in [3.05, 3.63) is 82.6 Å². The monoisotopic (exact) mass is 385 g/mol. The van der Waals surface area contributed by atoms with E-state index in [1.54, 1.807) is 36.7 Å². The van der Waals surface area contributed by atoms with Gasteiger partial charge in [0.2, 0.25) is 0 Å². The van der Waals surface area contributed by atoms with E-state index in [2.05, 4.69) is 9.97 Å². The van der Waals surface area contributed by atoms with Crippen molar-refractivity contribution in [2.75, 3.05) is 0 Å². The molecule has 0 aliphatic carbocycles. The maximum Gasteiger partial charge on any atom is 0.181 e. The number of hydrogen-bond donors (Lipinski definition) is 1. The predicted molar refractivity (Wildman–Crippen MR) is 105 cm³/mol. The highest BCUT2D eigenvalue weighted by Gasteiger charge is 2.21. The molecule has 27 heavy (non-hydrogen) atoms. The molecule has 2 N–H and O–H groups in total. The van der Waals surface area contributed by atoms with Gasteiger partial charge in [-0.2, -0.15) is 0 Å². The van der Waals surface area contributed by atoms with Gasteiger partial charge >= 0.3 is 0 Å². The van der Waals surface area contributed by atoms with E-state index in [1.807, 2.05) is 25.1 Å². The standard InChI is InChI=1S/C21H21ClFN3O/c1-2-15(10-19-25-12-14(11-24)13-26-19)17-8-9-18(22)21(20(17)23)27-16-6-4-3-5-7-16/h3-9,12-13,15H,2,10-11,24H2,1H3/t15-/m1/s1. The van der Waals surface area contributed by atoms with Gasteiger partial charge in [0.05, 0.1) is 5.02 Å². The number of aromatic nitrogens is 2. The van der Waals surface area contributed by atoms with E-state index < -0.39 is 5.82 Å². The molecule has 140 valence electrons. The fourth-order valence-electron chi connectivity index (χ4n) is 2.85. The Balaban J connectivity index is 1.88. The number of benzene rings is 2. The number of ether oxygens (including phenoxy) is 1. The van der Waals surface area contributed by atoms with Crippen molar-refractivity contribution in [3.63, 3.8) is 0 Å². The Morgan fingerprint density at radius 3 is 2.44 bits per heavy atom. The molecule has 0 bridgehead atoms. The molecule has 0 saturated heterocycles.